The molecule has 0 saturated carbocycles. The van der Waals surface area contributed by atoms with Crippen LogP contribution in [0.15, 0.2) is 22.8 Å². The van der Waals surface area contributed by atoms with Crippen LogP contribution in [0.2, 0.25) is 0 Å². The summed E-state index contributed by atoms with van der Waals surface area (Å²) in [5, 5.41) is 10.3. The number of thioether (sulfide) groups is 1. The number of hydrogen-bond donors (Lipinski definition) is 1. The summed E-state index contributed by atoms with van der Waals surface area (Å²) >= 11 is 1.66. The van der Waals surface area contributed by atoms with Crippen LogP contribution in [0.1, 0.15) is 12.0 Å². The molecule has 0 radical (unpaired) electrons. The van der Waals surface area contributed by atoms with Crippen LogP contribution >= 0.6 is 11.8 Å². The summed E-state index contributed by atoms with van der Waals surface area (Å²) in [4.78, 5) is 11.4. The summed E-state index contributed by atoms with van der Waals surface area (Å²) in [5.41, 5.74) is 2.43. The summed E-state index contributed by atoms with van der Waals surface area (Å²) < 4.78 is 4.61. The van der Waals surface area contributed by atoms with Crippen molar-refractivity contribution in [2.75, 3.05) is 12.0 Å². The summed E-state index contributed by atoms with van der Waals surface area (Å²) in [6.45, 7) is 0.510. The van der Waals surface area contributed by atoms with Crippen molar-refractivity contribution in [2.24, 2.45) is 0 Å². The van der Waals surface area contributed by atoms with Crippen LogP contribution < -0.4 is 5.32 Å². The number of hydrogen-bond acceptors (Lipinski definition) is 5. The highest BCUT2D eigenvalue weighted by atomic mass is 32.2. The average Bonchev–Trinajstić information content (AvgIpc) is 2.81. The summed E-state index contributed by atoms with van der Waals surface area (Å²) in [6.07, 6.45) is 2.54. The first-order chi connectivity index (χ1) is 8.29. The Morgan fingerprint density at radius 2 is 2.24 bits per heavy atom. The molecule has 0 aliphatic carbocycles. The molecule has 5 nitrogen and oxygen atoms in total. The summed E-state index contributed by atoms with van der Waals surface area (Å²) in [7, 11) is 0. The van der Waals surface area contributed by atoms with Crippen molar-refractivity contribution in [2.45, 2.75) is 13.0 Å². The van der Waals surface area contributed by atoms with Gasteiger partial charge < -0.3 is 5.32 Å². The molecule has 0 aliphatic rings. The molecule has 90 valence electrons. The third-order valence-electron chi connectivity index (χ3n) is 2.34. The van der Waals surface area contributed by atoms with Gasteiger partial charge in [-0.2, -0.15) is 11.8 Å². The van der Waals surface area contributed by atoms with E-state index in [2.05, 4.69) is 20.3 Å². The van der Waals surface area contributed by atoms with Crippen LogP contribution in [-0.2, 0) is 11.3 Å². The first kappa shape index (κ1) is 11.9. The highest BCUT2D eigenvalue weighted by Crippen LogP contribution is 2.11. The molecule has 0 fully saturated rings. The van der Waals surface area contributed by atoms with E-state index >= 15 is 0 Å². The monoisotopic (exact) mass is 251 g/mol. The molecule has 0 saturated heterocycles. The van der Waals surface area contributed by atoms with Crippen molar-refractivity contribution in [3.63, 3.8) is 0 Å². The van der Waals surface area contributed by atoms with Crippen LogP contribution in [0.5, 0.6) is 0 Å². The Morgan fingerprint density at radius 1 is 1.41 bits per heavy atom. The topological polar surface area (TPSA) is 68.0 Å². The average molecular weight is 251 g/mol. The lowest BCUT2D eigenvalue weighted by Gasteiger charge is -2.04. The lowest BCUT2D eigenvalue weighted by molar-refractivity contribution is -0.120. The van der Waals surface area contributed by atoms with Gasteiger partial charge in [0.2, 0.25) is 5.91 Å². The van der Waals surface area contributed by atoms with E-state index in [1.165, 1.54) is 0 Å². The Bertz CT molecular complexity index is 512. The minimum Gasteiger partial charge on any atom is -0.352 e. The number of aromatic nitrogens is 2. The maximum atomic E-state index is 11.4. The number of amides is 1. The van der Waals surface area contributed by atoms with Gasteiger partial charge in [0.05, 0.1) is 0 Å². The van der Waals surface area contributed by atoms with Gasteiger partial charge in [-0.05, 0) is 34.3 Å². The lowest BCUT2D eigenvalue weighted by atomic mass is 10.2. The van der Waals surface area contributed by atoms with Crippen molar-refractivity contribution in [3.05, 3.63) is 23.8 Å². The van der Waals surface area contributed by atoms with E-state index in [0.29, 0.717) is 18.5 Å². The highest BCUT2D eigenvalue weighted by Gasteiger charge is 2.03. The van der Waals surface area contributed by atoms with Gasteiger partial charge in [0.15, 0.2) is 0 Å². The smallest absolute Gasteiger partial charge is 0.221 e. The van der Waals surface area contributed by atoms with Crippen LogP contribution in [0, 0.1) is 0 Å². The summed E-state index contributed by atoms with van der Waals surface area (Å²) in [5.74, 6) is 0.913. The number of nitrogens with one attached hydrogen (secondary N) is 1. The van der Waals surface area contributed by atoms with Crippen molar-refractivity contribution in [3.8, 4) is 0 Å². The zero-order valence-corrected chi connectivity index (χ0v) is 10.3. The van der Waals surface area contributed by atoms with Gasteiger partial charge in [0.25, 0.3) is 0 Å². The second-order valence-corrected chi connectivity index (χ2v) is 4.59. The third kappa shape index (κ3) is 3.20. The maximum absolute atomic E-state index is 11.4. The molecule has 1 N–H and O–H groups in total. The molecule has 2 aromatic rings. The molecule has 0 bridgehead atoms. The molecule has 1 heterocycles. The SMILES string of the molecule is CSCCC(=O)NCc1ccc2nonc2c1. The van der Waals surface area contributed by atoms with Gasteiger partial charge in [-0.1, -0.05) is 6.07 Å². The van der Waals surface area contributed by atoms with E-state index in [1.54, 1.807) is 11.8 Å². The Kier molecular flexibility index (Phi) is 3.98. The van der Waals surface area contributed by atoms with Gasteiger partial charge in [-0.3, -0.25) is 4.79 Å². The first-order valence-electron chi connectivity index (χ1n) is 5.26. The summed E-state index contributed by atoms with van der Waals surface area (Å²) in [6, 6.07) is 5.59. The fourth-order valence-electron chi connectivity index (χ4n) is 1.42. The van der Waals surface area contributed by atoms with Gasteiger partial charge >= 0.3 is 0 Å². The van der Waals surface area contributed by atoms with Gasteiger partial charge in [0.1, 0.15) is 11.0 Å². The van der Waals surface area contributed by atoms with Crippen molar-refractivity contribution in [1.82, 2.24) is 15.6 Å². The second-order valence-electron chi connectivity index (χ2n) is 3.61. The van der Waals surface area contributed by atoms with Gasteiger partial charge in [0, 0.05) is 18.7 Å². The molecule has 0 atom stereocenters. The molecule has 1 aromatic heterocycles. The van der Waals surface area contributed by atoms with Crippen LogP contribution in [-0.4, -0.2) is 28.2 Å². The minimum absolute atomic E-state index is 0.0673. The fourth-order valence-corrected chi connectivity index (χ4v) is 1.81. The molecular formula is C11H13N3O2S. The molecule has 0 unspecified atom stereocenters. The molecule has 2 rings (SSSR count). The molecule has 17 heavy (non-hydrogen) atoms. The predicted octanol–water partition coefficient (Wildman–Crippen LogP) is 1.59. The quantitative estimate of drug-likeness (QED) is 0.874. The molecule has 0 spiro atoms. The molecule has 1 amide bonds. The Morgan fingerprint density at radius 3 is 3.06 bits per heavy atom. The number of fused-ring (bicyclic) bond motifs is 1. The first-order valence-corrected chi connectivity index (χ1v) is 6.66. The predicted molar refractivity (Wildman–Crippen MR) is 66.6 cm³/mol. The van der Waals surface area contributed by atoms with Crippen molar-refractivity contribution >= 4 is 28.7 Å². The van der Waals surface area contributed by atoms with Crippen molar-refractivity contribution in [1.29, 1.82) is 0 Å². The standard InChI is InChI=1S/C11H13N3O2S/c1-17-5-4-11(15)12-7-8-2-3-9-10(6-8)14-16-13-9/h2-3,6H,4-5,7H2,1H3,(H,12,15). The minimum atomic E-state index is 0.0673. The van der Waals surface area contributed by atoms with E-state index in [9.17, 15) is 4.79 Å². The maximum Gasteiger partial charge on any atom is 0.221 e. The van der Waals surface area contributed by atoms with E-state index < -0.39 is 0 Å². The van der Waals surface area contributed by atoms with Crippen LogP contribution in [0.4, 0.5) is 0 Å². The van der Waals surface area contributed by atoms with Crippen LogP contribution in [0.3, 0.4) is 0 Å². The number of carbonyl (C=O) groups is 1. The zero-order chi connectivity index (χ0) is 12.1. The molecular weight excluding hydrogens is 238 g/mol. The molecule has 6 heteroatoms. The van der Waals surface area contributed by atoms with E-state index in [-0.39, 0.29) is 5.91 Å². The fraction of sp³-hybridized carbons (Fsp3) is 0.364. The Balaban J connectivity index is 1.92. The zero-order valence-electron chi connectivity index (χ0n) is 9.47. The molecule has 1 aromatic carbocycles. The Hall–Kier alpha value is -1.56. The molecule has 0 aliphatic heterocycles. The van der Waals surface area contributed by atoms with Gasteiger partial charge in [-0.15, -0.1) is 0 Å². The second kappa shape index (κ2) is 5.67. The largest absolute Gasteiger partial charge is 0.352 e. The normalized spacial score (nSPS) is 10.6. The number of nitrogens with zero attached hydrogens (tertiary/aromatic N) is 2. The van der Waals surface area contributed by atoms with Crippen molar-refractivity contribution < 1.29 is 9.42 Å². The Labute approximate surface area is 103 Å². The lowest BCUT2D eigenvalue weighted by Crippen LogP contribution is -2.22. The third-order valence-corrected chi connectivity index (χ3v) is 2.95. The van der Waals surface area contributed by atoms with E-state index in [1.807, 2.05) is 24.5 Å². The number of rotatable bonds is 5. The van der Waals surface area contributed by atoms with E-state index in [4.69, 9.17) is 0 Å². The highest BCUT2D eigenvalue weighted by molar-refractivity contribution is 7.98. The number of carbonyl (C=O) groups excluding carboxylic acids is 1. The van der Waals surface area contributed by atoms with Crippen LogP contribution in [0.25, 0.3) is 11.0 Å². The van der Waals surface area contributed by atoms with Gasteiger partial charge in [-0.25, -0.2) is 4.63 Å². The number of benzene rings is 1. The van der Waals surface area contributed by atoms with E-state index in [0.717, 1.165) is 16.8 Å².